The fraction of sp³-hybridized carbons (Fsp3) is 0.909. The summed E-state index contributed by atoms with van der Waals surface area (Å²) in [5.74, 6) is -0.563. The van der Waals surface area contributed by atoms with Crippen LogP contribution < -0.4 is 0 Å². The van der Waals surface area contributed by atoms with Crippen LogP contribution >= 0.6 is 11.8 Å². The predicted octanol–water partition coefficient (Wildman–Crippen LogP) is 3.06. The molecule has 0 amide bonds. The largest absolute Gasteiger partial charge is 0.480 e. The van der Waals surface area contributed by atoms with Gasteiger partial charge < -0.3 is 5.11 Å². The Bertz CT molecular complexity index is 215. The molecule has 2 fully saturated rings. The minimum absolute atomic E-state index is 0.408. The van der Waals surface area contributed by atoms with Crippen LogP contribution in [0.1, 0.15) is 51.4 Å². The zero-order chi connectivity index (χ0) is 10.0. The van der Waals surface area contributed by atoms with Gasteiger partial charge in [-0.1, -0.05) is 25.7 Å². The van der Waals surface area contributed by atoms with Crippen LogP contribution in [-0.2, 0) is 4.79 Å². The van der Waals surface area contributed by atoms with Crippen molar-refractivity contribution in [1.82, 2.24) is 0 Å². The van der Waals surface area contributed by atoms with Crippen molar-refractivity contribution in [3.63, 3.8) is 0 Å². The van der Waals surface area contributed by atoms with Gasteiger partial charge in [-0.25, -0.2) is 0 Å². The third-order valence-corrected chi connectivity index (χ3v) is 5.33. The van der Waals surface area contributed by atoms with Gasteiger partial charge in [-0.05, 0) is 25.7 Å². The van der Waals surface area contributed by atoms with Gasteiger partial charge in [0.15, 0.2) is 0 Å². The van der Waals surface area contributed by atoms with E-state index >= 15 is 0 Å². The monoisotopic (exact) mass is 214 g/mol. The molecule has 0 aromatic heterocycles. The van der Waals surface area contributed by atoms with Gasteiger partial charge in [0, 0.05) is 5.25 Å². The first-order chi connectivity index (χ1) is 6.73. The summed E-state index contributed by atoms with van der Waals surface area (Å²) in [7, 11) is 0. The molecule has 80 valence electrons. The van der Waals surface area contributed by atoms with Crippen molar-refractivity contribution >= 4 is 17.7 Å². The molecule has 0 aromatic rings. The Labute approximate surface area is 89.5 Å². The molecule has 3 heteroatoms. The first-order valence-electron chi connectivity index (χ1n) is 5.64. The fourth-order valence-corrected chi connectivity index (χ4v) is 4.49. The zero-order valence-electron chi connectivity index (χ0n) is 8.50. The molecule has 2 nitrogen and oxygen atoms in total. The third-order valence-electron chi connectivity index (χ3n) is 3.50. The van der Waals surface area contributed by atoms with Crippen molar-refractivity contribution in [1.29, 1.82) is 0 Å². The Balaban J connectivity index is 1.99. The summed E-state index contributed by atoms with van der Waals surface area (Å²) in [5.41, 5.74) is 0. The molecule has 2 aliphatic rings. The summed E-state index contributed by atoms with van der Waals surface area (Å²) in [6.07, 6.45) is 9.06. The quantitative estimate of drug-likeness (QED) is 0.784. The van der Waals surface area contributed by atoms with Crippen molar-refractivity contribution in [2.24, 2.45) is 0 Å². The van der Waals surface area contributed by atoms with Crippen molar-refractivity contribution in [3.05, 3.63) is 0 Å². The van der Waals surface area contributed by atoms with Crippen LogP contribution in [0, 0.1) is 0 Å². The van der Waals surface area contributed by atoms with Gasteiger partial charge in [0.1, 0.15) is 4.75 Å². The van der Waals surface area contributed by atoms with Crippen LogP contribution in [-0.4, -0.2) is 21.1 Å². The van der Waals surface area contributed by atoms with Crippen LogP contribution in [0.5, 0.6) is 0 Å². The SMILES string of the molecule is O=C(O)C1(SC2CCCC2)CCCC1. The molecule has 2 aliphatic carbocycles. The molecule has 14 heavy (non-hydrogen) atoms. The number of aliphatic carboxylic acids is 1. The van der Waals surface area contributed by atoms with E-state index in [0.29, 0.717) is 5.25 Å². The molecule has 0 atom stereocenters. The van der Waals surface area contributed by atoms with Crippen LogP contribution in [0.4, 0.5) is 0 Å². The average Bonchev–Trinajstić information content (AvgIpc) is 2.76. The standard InChI is InChI=1S/C11H18O2S/c12-10(13)11(7-3-4-8-11)14-9-5-1-2-6-9/h9H,1-8H2,(H,12,13). The molecule has 0 spiro atoms. The second kappa shape index (κ2) is 4.13. The van der Waals surface area contributed by atoms with Crippen molar-refractivity contribution in [2.45, 2.75) is 61.4 Å². The van der Waals surface area contributed by atoms with E-state index in [4.69, 9.17) is 0 Å². The summed E-state index contributed by atoms with van der Waals surface area (Å²) in [6, 6.07) is 0. The molecular formula is C11H18O2S. The van der Waals surface area contributed by atoms with Crippen LogP contribution in [0.15, 0.2) is 0 Å². The Morgan fingerprint density at radius 2 is 1.71 bits per heavy atom. The molecule has 0 heterocycles. The van der Waals surface area contributed by atoms with Gasteiger partial charge in [0.05, 0.1) is 0 Å². The minimum atomic E-state index is -0.563. The number of hydrogen-bond donors (Lipinski definition) is 1. The van der Waals surface area contributed by atoms with Crippen LogP contribution in [0.2, 0.25) is 0 Å². The Morgan fingerprint density at radius 1 is 1.14 bits per heavy atom. The van der Waals surface area contributed by atoms with E-state index < -0.39 is 10.7 Å². The molecule has 0 bridgehead atoms. The van der Waals surface area contributed by atoms with Crippen LogP contribution in [0.3, 0.4) is 0 Å². The molecule has 2 rings (SSSR count). The van der Waals surface area contributed by atoms with E-state index in [1.807, 2.05) is 0 Å². The molecule has 0 unspecified atom stereocenters. The van der Waals surface area contributed by atoms with Gasteiger partial charge in [-0.2, -0.15) is 0 Å². The van der Waals surface area contributed by atoms with Crippen LogP contribution in [0.25, 0.3) is 0 Å². The maximum Gasteiger partial charge on any atom is 0.319 e. The zero-order valence-corrected chi connectivity index (χ0v) is 9.31. The number of thioether (sulfide) groups is 1. The second-order valence-corrected chi connectivity index (χ2v) is 6.21. The first-order valence-corrected chi connectivity index (χ1v) is 6.52. The van der Waals surface area contributed by atoms with E-state index in [1.165, 1.54) is 25.7 Å². The third kappa shape index (κ3) is 1.92. The van der Waals surface area contributed by atoms with Crippen molar-refractivity contribution in [2.75, 3.05) is 0 Å². The molecule has 0 aliphatic heterocycles. The number of carboxylic acid groups (broad SMARTS) is 1. The molecule has 0 saturated heterocycles. The molecule has 0 radical (unpaired) electrons. The lowest BCUT2D eigenvalue weighted by Crippen LogP contribution is -2.33. The van der Waals surface area contributed by atoms with Gasteiger partial charge in [0.25, 0.3) is 0 Å². The summed E-state index contributed by atoms with van der Waals surface area (Å²) in [4.78, 5) is 11.3. The highest BCUT2D eigenvalue weighted by atomic mass is 32.2. The highest BCUT2D eigenvalue weighted by Gasteiger charge is 2.43. The Hall–Kier alpha value is -0.180. The summed E-state index contributed by atoms with van der Waals surface area (Å²) in [6.45, 7) is 0. The first kappa shape index (κ1) is 10.3. The highest BCUT2D eigenvalue weighted by molar-refractivity contribution is 8.02. The van der Waals surface area contributed by atoms with Crippen molar-refractivity contribution < 1.29 is 9.90 Å². The molecule has 2 saturated carbocycles. The predicted molar refractivity (Wildman–Crippen MR) is 58.7 cm³/mol. The molecule has 1 N–H and O–H groups in total. The number of carbonyl (C=O) groups is 1. The number of rotatable bonds is 3. The Morgan fingerprint density at radius 3 is 2.21 bits per heavy atom. The average molecular weight is 214 g/mol. The normalized spacial score (nSPS) is 26.9. The summed E-state index contributed by atoms with van der Waals surface area (Å²) < 4.78 is -0.408. The van der Waals surface area contributed by atoms with E-state index in [0.717, 1.165) is 25.7 Å². The Kier molecular flexibility index (Phi) is 3.05. The lowest BCUT2D eigenvalue weighted by Gasteiger charge is -2.26. The lowest BCUT2D eigenvalue weighted by atomic mass is 10.1. The smallest absolute Gasteiger partial charge is 0.319 e. The lowest BCUT2D eigenvalue weighted by molar-refractivity contribution is -0.139. The number of carboxylic acids is 1. The highest BCUT2D eigenvalue weighted by Crippen LogP contribution is 2.47. The number of hydrogen-bond acceptors (Lipinski definition) is 2. The topological polar surface area (TPSA) is 37.3 Å². The maximum absolute atomic E-state index is 11.3. The van der Waals surface area contributed by atoms with E-state index in [1.54, 1.807) is 11.8 Å². The minimum Gasteiger partial charge on any atom is -0.480 e. The molecule has 0 aromatic carbocycles. The summed E-state index contributed by atoms with van der Waals surface area (Å²) >= 11 is 1.77. The summed E-state index contributed by atoms with van der Waals surface area (Å²) in [5, 5.41) is 9.93. The second-order valence-electron chi connectivity index (χ2n) is 4.53. The van der Waals surface area contributed by atoms with E-state index in [9.17, 15) is 9.90 Å². The fourth-order valence-electron chi connectivity index (χ4n) is 2.65. The van der Waals surface area contributed by atoms with Gasteiger partial charge >= 0.3 is 5.97 Å². The maximum atomic E-state index is 11.3. The van der Waals surface area contributed by atoms with Gasteiger partial charge in [0.2, 0.25) is 0 Å². The van der Waals surface area contributed by atoms with Crippen molar-refractivity contribution in [3.8, 4) is 0 Å². The van der Waals surface area contributed by atoms with E-state index in [-0.39, 0.29) is 0 Å². The van der Waals surface area contributed by atoms with Gasteiger partial charge in [-0.3, -0.25) is 4.79 Å². The molecular weight excluding hydrogens is 196 g/mol. The van der Waals surface area contributed by atoms with E-state index in [2.05, 4.69) is 0 Å². The van der Waals surface area contributed by atoms with Gasteiger partial charge in [-0.15, -0.1) is 11.8 Å².